The monoisotopic (exact) mass is 250 g/mol. The molecule has 0 aliphatic rings. The number of hydrogen-bond acceptors (Lipinski definition) is 3. The van der Waals surface area contributed by atoms with Gasteiger partial charge < -0.3 is 4.74 Å². The van der Waals surface area contributed by atoms with E-state index in [1.807, 2.05) is 37.4 Å². The van der Waals surface area contributed by atoms with Gasteiger partial charge in [-0.15, -0.1) is 0 Å². The highest BCUT2D eigenvalue weighted by Gasteiger charge is 2.10. The van der Waals surface area contributed by atoms with Crippen LogP contribution in [0.3, 0.4) is 0 Å². The van der Waals surface area contributed by atoms with Crippen molar-refractivity contribution in [2.24, 2.45) is 0 Å². The van der Waals surface area contributed by atoms with Crippen LogP contribution in [0.15, 0.2) is 48.7 Å². The molecule has 94 valence electrons. The zero-order valence-corrected chi connectivity index (χ0v) is 10.9. The summed E-state index contributed by atoms with van der Waals surface area (Å²) in [5, 5.41) is 1.01. The van der Waals surface area contributed by atoms with E-state index in [1.54, 1.807) is 7.11 Å². The van der Waals surface area contributed by atoms with E-state index in [0.717, 1.165) is 33.6 Å². The Morgan fingerprint density at radius 3 is 2.53 bits per heavy atom. The molecular weight excluding hydrogens is 236 g/mol. The molecule has 2 aromatic carbocycles. The first-order valence-corrected chi connectivity index (χ1v) is 6.15. The quantitative estimate of drug-likeness (QED) is 0.696. The van der Waals surface area contributed by atoms with E-state index in [0.29, 0.717) is 0 Å². The Balaban J connectivity index is 2.33. The summed E-state index contributed by atoms with van der Waals surface area (Å²) >= 11 is 0. The van der Waals surface area contributed by atoms with E-state index in [4.69, 9.17) is 4.74 Å². The molecular formula is C16H14N2O. The summed E-state index contributed by atoms with van der Waals surface area (Å²) < 4.78 is 5.38. The molecule has 0 saturated carbocycles. The summed E-state index contributed by atoms with van der Waals surface area (Å²) in [6.45, 7) is 1.88. The highest BCUT2D eigenvalue weighted by Crippen LogP contribution is 2.32. The lowest BCUT2D eigenvalue weighted by Gasteiger charge is -2.10. The summed E-state index contributed by atoms with van der Waals surface area (Å²) in [6.07, 6.45) is 1.86. The van der Waals surface area contributed by atoms with E-state index in [2.05, 4.69) is 28.2 Å². The van der Waals surface area contributed by atoms with Crippen LogP contribution in [0.1, 0.15) is 5.82 Å². The van der Waals surface area contributed by atoms with Crippen LogP contribution in [0.25, 0.3) is 22.0 Å². The largest absolute Gasteiger partial charge is 0.494 e. The van der Waals surface area contributed by atoms with E-state index in [-0.39, 0.29) is 0 Å². The molecule has 1 aromatic heterocycles. The number of rotatable bonds is 2. The highest BCUT2D eigenvalue weighted by molar-refractivity contribution is 5.97. The molecule has 19 heavy (non-hydrogen) atoms. The lowest BCUT2D eigenvalue weighted by molar-refractivity contribution is 0.419. The second-order valence-corrected chi connectivity index (χ2v) is 4.36. The van der Waals surface area contributed by atoms with Gasteiger partial charge in [0.1, 0.15) is 17.1 Å². The minimum absolute atomic E-state index is 0.746. The third-order valence-electron chi connectivity index (χ3n) is 3.14. The van der Waals surface area contributed by atoms with Crippen molar-refractivity contribution in [3.05, 3.63) is 54.5 Å². The predicted octanol–water partition coefficient (Wildman–Crippen LogP) is 3.61. The van der Waals surface area contributed by atoms with Gasteiger partial charge in [-0.05, 0) is 30.2 Å². The Hall–Kier alpha value is -2.42. The molecule has 1 heterocycles. The van der Waals surface area contributed by atoms with Gasteiger partial charge in [0.2, 0.25) is 0 Å². The van der Waals surface area contributed by atoms with E-state index in [1.165, 1.54) is 0 Å². The van der Waals surface area contributed by atoms with Gasteiger partial charge in [0.15, 0.2) is 0 Å². The molecule has 3 nitrogen and oxygen atoms in total. The van der Waals surface area contributed by atoms with Crippen LogP contribution in [0.2, 0.25) is 0 Å². The standard InChI is InChI=1S/C16H14N2O/c1-11-17-10-14-13(12-6-4-3-5-7-12)8-9-15(19-2)16(14)18-11/h3-10H,1-2H3. The summed E-state index contributed by atoms with van der Waals surface area (Å²) in [6, 6.07) is 14.2. The maximum Gasteiger partial charge on any atom is 0.145 e. The van der Waals surface area contributed by atoms with Crippen LogP contribution in [-0.2, 0) is 0 Å². The fourth-order valence-corrected chi connectivity index (χ4v) is 2.22. The predicted molar refractivity (Wildman–Crippen MR) is 76.3 cm³/mol. The molecule has 3 aromatic rings. The van der Waals surface area contributed by atoms with E-state index < -0.39 is 0 Å². The van der Waals surface area contributed by atoms with Crippen molar-refractivity contribution < 1.29 is 4.74 Å². The third-order valence-corrected chi connectivity index (χ3v) is 3.14. The van der Waals surface area contributed by atoms with Crippen molar-refractivity contribution in [2.75, 3.05) is 7.11 Å². The van der Waals surface area contributed by atoms with Crippen molar-refractivity contribution in [3.63, 3.8) is 0 Å². The van der Waals surface area contributed by atoms with Crippen LogP contribution in [0.5, 0.6) is 5.75 Å². The lowest BCUT2D eigenvalue weighted by Crippen LogP contribution is -1.94. The summed E-state index contributed by atoms with van der Waals surface area (Å²) in [4.78, 5) is 8.80. The Kier molecular flexibility index (Phi) is 2.88. The molecule has 0 aliphatic carbocycles. The number of hydrogen-bond donors (Lipinski definition) is 0. The summed E-state index contributed by atoms with van der Waals surface area (Å²) in [5.74, 6) is 1.52. The molecule has 0 N–H and O–H groups in total. The molecule has 3 rings (SSSR count). The smallest absolute Gasteiger partial charge is 0.145 e. The van der Waals surface area contributed by atoms with Gasteiger partial charge in [0, 0.05) is 11.6 Å². The van der Waals surface area contributed by atoms with Gasteiger partial charge in [0.05, 0.1) is 7.11 Å². The van der Waals surface area contributed by atoms with E-state index in [9.17, 15) is 0 Å². The first-order chi connectivity index (χ1) is 9.29. The van der Waals surface area contributed by atoms with Crippen molar-refractivity contribution in [1.82, 2.24) is 9.97 Å². The number of benzene rings is 2. The number of ether oxygens (including phenoxy) is 1. The van der Waals surface area contributed by atoms with Gasteiger partial charge >= 0.3 is 0 Å². The number of aromatic nitrogens is 2. The molecule has 0 saturated heterocycles. The number of nitrogens with zero attached hydrogens (tertiary/aromatic N) is 2. The second-order valence-electron chi connectivity index (χ2n) is 4.36. The summed E-state index contributed by atoms with van der Waals surface area (Å²) in [5.41, 5.74) is 3.13. The topological polar surface area (TPSA) is 35.0 Å². The number of methoxy groups -OCH3 is 1. The van der Waals surface area contributed by atoms with Gasteiger partial charge in [-0.2, -0.15) is 0 Å². The Labute approximate surface area is 111 Å². The second kappa shape index (κ2) is 4.69. The zero-order valence-electron chi connectivity index (χ0n) is 10.9. The van der Waals surface area contributed by atoms with Crippen LogP contribution in [-0.4, -0.2) is 17.1 Å². The number of fused-ring (bicyclic) bond motifs is 1. The molecule has 0 atom stereocenters. The average Bonchev–Trinajstić information content (AvgIpc) is 2.47. The highest BCUT2D eigenvalue weighted by atomic mass is 16.5. The SMILES string of the molecule is COc1ccc(-c2ccccc2)c2cnc(C)nc12. The van der Waals surface area contributed by atoms with Gasteiger partial charge in [0.25, 0.3) is 0 Å². The Bertz CT molecular complexity index is 723. The normalized spacial score (nSPS) is 10.6. The van der Waals surface area contributed by atoms with Crippen molar-refractivity contribution in [2.45, 2.75) is 6.92 Å². The average molecular weight is 250 g/mol. The fraction of sp³-hybridized carbons (Fsp3) is 0.125. The van der Waals surface area contributed by atoms with Crippen LogP contribution in [0, 0.1) is 6.92 Å². The van der Waals surface area contributed by atoms with Crippen molar-refractivity contribution in [1.29, 1.82) is 0 Å². The minimum atomic E-state index is 0.746. The molecule has 0 aliphatic heterocycles. The fourth-order valence-electron chi connectivity index (χ4n) is 2.22. The molecule has 3 heteroatoms. The van der Waals surface area contributed by atoms with Crippen LogP contribution in [0.4, 0.5) is 0 Å². The van der Waals surface area contributed by atoms with Gasteiger partial charge in [-0.25, -0.2) is 9.97 Å². The van der Waals surface area contributed by atoms with Crippen molar-refractivity contribution >= 4 is 10.9 Å². The maximum atomic E-state index is 5.38. The molecule has 0 spiro atoms. The maximum absolute atomic E-state index is 5.38. The Morgan fingerprint density at radius 1 is 1.00 bits per heavy atom. The first-order valence-electron chi connectivity index (χ1n) is 6.15. The molecule has 0 radical (unpaired) electrons. The van der Waals surface area contributed by atoms with Crippen LogP contribution < -0.4 is 4.74 Å². The van der Waals surface area contributed by atoms with Gasteiger partial charge in [-0.1, -0.05) is 30.3 Å². The van der Waals surface area contributed by atoms with Crippen LogP contribution >= 0.6 is 0 Å². The third kappa shape index (κ3) is 2.03. The molecule has 0 amide bonds. The first kappa shape index (κ1) is 11.7. The van der Waals surface area contributed by atoms with Crippen molar-refractivity contribution in [3.8, 4) is 16.9 Å². The minimum Gasteiger partial charge on any atom is -0.494 e. The van der Waals surface area contributed by atoms with Gasteiger partial charge in [-0.3, -0.25) is 0 Å². The molecule has 0 unspecified atom stereocenters. The lowest BCUT2D eigenvalue weighted by atomic mass is 10.0. The number of aryl methyl sites for hydroxylation is 1. The van der Waals surface area contributed by atoms with E-state index >= 15 is 0 Å². The zero-order chi connectivity index (χ0) is 13.2. The molecule has 0 fully saturated rings. The molecule has 0 bridgehead atoms. The Morgan fingerprint density at radius 2 is 1.79 bits per heavy atom. The summed E-state index contributed by atoms with van der Waals surface area (Å²) in [7, 11) is 1.66.